The van der Waals surface area contributed by atoms with Gasteiger partial charge in [-0.1, -0.05) is 18.2 Å². The van der Waals surface area contributed by atoms with Gasteiger partial charge in [0.2, 0.25) is 10.0 Å². The van der Waals surface area contributed by atoms with E-state index in [0.29, 0.717) is 5.75 Å². The van der Waals surface area contributed by atoms with Crippen molar-refractivity contribution in [2.75, 3.05) is 19.5 Å². The molecule has 0 saturated carbocycles. The van der Waals surface area contributed by atoms with Crippen LogP contribution in [0.15, 0.2) is 24.3 Å². The second-order valence-corrected chi connectivity index (χ2v) is 5.67. The van der Waals surface area contributed by atoms with Crippen molar-refractivity contribution in [3.63, 3.8) is 0 Å². The van der Waals surface area contributed by atoms with Gasteiger partial charge in [0.15, 0.2) is 6.61 Å². The number of sulfonamides is 1. The topological polar surface area (TPSA) is 96.5 Å². The molecule has 0 radical (unpaired) electrons. The Morgan fingerprint density at radius 3 is 2.63 bits per heavy atom. The minimum absolute atomic E-state index is 0.197. The van der Waals surface area contributed by atoms with Gasteiger partial charge in [-0.15, -0.1) is 0 Å². The Balaban J connectivity index is 2.31. The molecule has 106 valence electrons. The van der Waals surface area contributed by atoms with Crippen LogP contribution >= 0.6 is 0 Å². The minimum atomic E-state index is -3.41. The maximum atomic E-state index is 11.4. The van der Waals surface area contributed by atoms with E-state index in [1.807, 2.05) is 19.1 Å². The quantitative estimate of drug-likeness (QED) is 0.588. The van der Waals surface area contributed by atoms with E-state index in [2.05, 4.69) is 15.6 Å². The average molecular weight is 287 g/mol. The molecule has 0 unspecified atom stereocenters. The van der Waals surface area contributed by atoms with Crippen LogP contribution in [0.2, 0.25) is 0 Å². The molecule has 0 heterocycles. The summed E-state index contributed by atoms with van der Waals surface area (Å²) < 4.78 is 29.5. The van der Waals surface area contributed by atoms with Crippen LogP contribution in [-0.4, -0.2) is 33.9 Å². The largest absolute Gasteiger partial charge is 0.483 e. The van der Waals surface area contributed by atoms with Gasteiger partial charge >= 0.3 is 0 Å². The number of hydrogen-bond donors (Lipinski definition) is 3. The van der Waals surface area contributed by atoms with E-state index in [-0.39, 0.29) is 6.61 Å². The smallest absolute Gasteiger partial charge is 0.272 e. The maximum Gasteiger partial charge on any atom is 0.272 e. The molecule has 0 atom stereocenters. The Morgan fingerprint density at radius 2 is 2.00 bits per heavy atom. The Bertz CT molecular complexity index is 530. The minimum Gasteiger partial charge on any atom is -0.483 e. The maximum absolute atomic E-state index is 11.4. The Morgan fingerprint density at radius 1 is 1.32 bits per heavy atom. The van der Waals surface area contributed by atoms with Crippen molar-refractivity contribution < 1.29 is 17.9 Å². The zero-order valence-electron chi connectivity index (χ0n) is 10.8. The van der Waals surface area contributed by atoms with Gasteiger partial charge in [-0.25, -0.2) is 18.6 Å². The molecule has 0 fully saturated rings. The van der Waals surface area contributed by atoms with Gasteiger partial charge in [0.1, 0.15) is 11.6 Å². The highest BCUT2D eigenvalue weighted by molar-refractivity contribution is 7.89. The van der Waals surface area contributed by atoms with Gasteiger partial charge in [0.05, 0.1) is 0 Å². The highest BCUT2D eigenvalue weighted by Gasteiger charge is 2.08. The molecule has 1 amide bonds. The lowest BCUT2D eigenvalue weighted by Crippen LogP contribution is -2.44. The average Bonchev–Trinajstić information content (AvgIpc) is 2.37. The molecule has 1 rings (SSSR count). The summed E-state index contributed by atoms with van der Waals surface area (Å²) in [5.41, 5.74) is 5.44. The Kier molecular flexibility index (Phi) is 5.74. The number of ether oxygens (including phenoxy) is 1. The first-order valence-electron chi connectivity index (χ1n) is 5.56. The lowest BCUT2D eigenvalue weighted by molar-refractivity contribution is -0.123. The van der Waals surface area contributed by atoms with Crippen molar-refractivity contribution in [3.8, 4) is 5.75 Å². The standard InChI is InChI=1S/C11H17N3O4S/c1-9-5-3-4-6-10(9)18-7-11(15)14-13-8-19(16,17)12-2/h3-6,12-13H,7-8H2,1-2H3,(H,14,15). The van der Waals surface area contributed by atoms with Crippen LogP contribution in [0.3, 0.4) is 0 Å². The molecule has 7 nitrogen and oxygen atoms in total. The number of hydrazine groups is 1. The molecule has 0 aliphatic carbocycles. The summed E-state index contributed by atoms with van der Waals surface area (Å²) in [6, 6.07) is 7.29. The number of aryl methyl sites for hydroxylation is 1. The number of para-hydroxylation sites is 1. The first kappa shape index (κ1) is 15.4. The predicted molar refractivity (Wildman–Crippen MR) is 70.8 cm³/mol. The second-order valence-electron chi connectivity index (χ2n) is 3.74. The van der Waals surface area contributed by atoms with Gasteiger partial charge in [-0.05, 0) is 25.6 Å². The lowest BCUT2D eigenvalue weighted by Gasteiger charge is -2.10. The molecule has 0 aliphatic heterocycles. The van der Waals surface area contributed by atoms with Crippen LogP contribution in [0.25, 0.3) is 0 Å². The van der Waals surface area contributed by atoms with Crippen LogP contribution < -0.4 is 20.3 Å². The monoisotopic (exact) mass is 287 g/mol. The third-order valence-corrected chi connectivity index (χ3v) is 3.40. The highest BCUT2D eigenvalue weighted by Crippen LogP contribution is 2.15. The molecule has 19 heavy (non-hydrogen) atoms. The first-order chi connectivity index (χ1) is 8.94. The summed E-state index contributed by atoms with van der Waals surface area (Å²) in [4.78, 5) is 11.4. The summed E-state index contributed by atoms with van der Waals surface area (Å²) in [5, 5.41) is 0. The van der Waals surface area contributed by atoms with Gasteiger partial charge in [-0.2, -0.15) is 0 Å². The fraction of sp³-hybridized carbons (Fsp3) is 0.364. The molecular formula is C11H17N3O4S. The van der Waals surface area contributed by atoms with Crippen LogP contribution in [0.1, 0.15) is 5.56 Å². The van der Waals surface area contributed by atoms with E-state index in [1.165, 1.54) is 7.05 Å². The zero-order chi connectivity index (χ0) is 14.3. The van der Waals surface area contributed by atoms with E-state index >= 15 is 0 Å². The molecule has 1 aromatic carbocycles. The van der Waals surface area contributed by atoms with Crippen molar-refractivity contribution in [3.05, 3.63) is 29.8 Å². The van der Waals surface area contributed by atoms with E-state index in [9.17, 15) is 13.2 Å². The van der Waals surface area contributed by atoms with Crippen molar-refractivity contribution in [1.82, 2.24) is 15.6 Å². The molecule has 0 saturated heterocycles. The van der Waals surface area contributed by atoms with Gasteiger partial charge in [0, 0.05) is 0 Å². The predicted octanol–water partition coefficient (Wildman–Crippen LogP) is -0.499. The number of carbonyl (C=O) groups excluding carboxylic acids is 1. The van der Waals surface area contributed by atoms with Crippen molar-refractivity contribution >= 4 is 15.9 Å². The lowest BCUT2D eigenvalue weighted by atomic mass is 10.2. The highest BCUT2D eigenvalue weighted by atomic mass is 32.2. The van der Waals surface area contributed by atoms with Gasteiger partial charge in [0.25, 0.3) is 5.91 Å². The Hall–Kier alpha value is -1.64. The van der Waals surface area contributed by atoms with Crippen molar-refractivity contribution in [1.29, 1.82) is 0 Å². The van der Waals surface area contributed by atoms with Crippen LogP contribution in [-0.2, 0) is 14.8 Å². The zero-order valence-corrected chi connectivity index (χ0v) is 11.6. The van der Waals surface area contributed by atoms with Crippen LogP contribution in [0.4, 0.5) is 0 Å². The number of rotatable bonds is 7. The summed E-state index contributed by atoms with van der Waals surface area (Å²) in [5.74, 6) is -0.255. The third kappa shape index (κ3) is 5.69. The van der Waals surface area contributed by atoms with Gasteiger partial charge < -0.3 is 4.74 Å². The molecule has 0 aromatic heterocycles. The number of amides is 1. The molecule has 0 spiro atoms. The fourth-order valence-corrected chi connectivity index (χ4v) is 1.61. The van der Waals surface area contributed by atoms with Crippen LogP contribution in [0.5, 0.6) is 5.75 Å². The van der Waals surface area contributed by atoms with E-state index in [4.69, 9.17) is 4.74 Å². The molecular weight excluding hydrogens is 270 g/mol. The van der Waals surface area contributed by atoms with Crippen molar-refractivity contribution in [2.24, 2.45) is 0 Å². The van der Waals surface area contributed by atoms with E-state index < -0.39 is 21.8 Å². The van der Waals surface area contributed by atoms with Gasteiger partial charge in [-0.3, -0.25) is 10.2 Å². The van der Waals surface area contributed by atoms with Crippen molar-refractivity contribution in [2.45, 2.75) is 6.92 Å². The first-order valence-corrected chi connectivity index (χ1v) is 7.21. The summed E-state index contributed by atoms with van der Waals surface area (Å²) >= 11 is 0. The Labute approximate surface area is 112 Å². The summed E-state index contributed by atoms with van der Waals surface area (Å²) in [7, 11) is -2.11. The number of hydrogen-bond acceptors (Lipinski definition) is 5. The SMILES string of the molecule is CNS(=O)(=O)CNNC(=O)COc1ccccc1C. The third-order valence-electron chi connectivity index (χ3n) is 2.25. The summed E-state index contributed by atoms with van der Waals surface area (Å²) in [6.07, 6.45) is 0. The van der Waals surface area contributed by atoms with E-state index in [1.54, 1.807) is 12.1 Å². The molecule has 0 aliphatic rings. The normalized spacial score (nSPS) is 11.1. The number of nitrogens with one attached hydrogen (secondary N) is 3. The van der Waals surface area contributed by atoms with Crippen LogP contribution in [0, 0.1) is 6.92 Å². The molecule has 3 N–H and O–H groups in total. The molecule has 8 heteroatoms. The van der Waals surface area contributed by atoms with E-state index in [0.717, 1.165) is 5.56 Å². The fourth-order valence-electron chi connectivity index (χ4n) is 1.20. The second kappa shape index (κ2) is 7.07. The number of benzene rings is 1. The number of carbonyl (C=O) groups is 1. The summed E-state index contributed by atoms with van der Waals surface area (Å²) in [6.45, 7) is 1.67. The molecule has 0 bridgehead atoms. The molecule has 1 aromatic rings.